The lowest BCUT2D eigenvalue weighted by Gasteiger charge is -2.30. The molecule has 0 aromatic rings. The standard InChI is InChI=1S/C7H15BN2O3P/c1-9(2)14(11)10-4-6(8)13-7(5-10)12-3/h6-7H,4-5H2,1-3H3/q+1. The van der Waals surface area contributed by atoms with Crippen LogP contribution >= 0.6 is 8.10 Å². The molecule has 1 heterocycles. The molecule has 0 aliphatic carbocycles. The number of nitrogens with zero attached hydrogens (tertiary/aromatic N) is 2. The molecule has 3 unspecified atom stereocenters. The first-order chi connectivity index (χ1) is 6.54. The summed E-state index contributed by atoms with van der Waals surface area (Å²) < 4.78 is 25.4. The van der Waals surface area contributed by atoms with Crippen LogP contribution in [0.15, 0.2) is 0 Å². The second-order valence-corrected chi connectivity index (χ2v) is 5.18. The smallest absolute Gasteiger partial charge is 0.356 e. The molecule has 2 radical (unpaired) electrons. The van der Waals surface area contributed by atoms with E-state index in [0.717, 1.165) is 0 Å². The maximum Gasteiger partial charge on any atom is 0.537 e. The van der Waals surface area contributed by atoms with Crippen LogP contribution in [0.1, 0.15) is 0 Å². The van der Waals surface area contributed by atoms with Crippen LogP contribution in [0.5, 0.6) is 0 Å². The van der Waals surface area contributed by atoms with E-state index in [1.807, 2.05) is 0 Å². The molecule has 0 saturated carbocycles. The third kappa shape index (κ3) is 3.00. The van der Waals surface area contributed by atoms with Gasteiger partial charge in [0.1, 0.15) is 7.85 Å². The molecule has 0 N–H and O–H groups in total. The summed E-state index contributed by atoms with van der Waals surface area (Å²) in [5.74, 6) is 0. The van der Waals surface area contributed by atoms with E-state index in [0.29, 0.717) is 13.1 Å². The Hall–Kier alpha value is 0.00494. The van der Waals surface area contributed by atoms with E-state index < -0.39 is 20.4 Å². The zero-order valence-corrected chi connectivity index (χ0v) is 9.61. The van der Waals surface area contributed by atoms with E-state index in [2.05, 4.69) is 0 Å². The van der Waals surface area contributed by atoms with Gasteiger partial charge in [-0.3, -0.25) is 0 Å². The van der Waals surface area contributed by atoms with Crippen molar-refractivity contribution in [3.63, 3.8) is 0 Å². The number of hydrogen-bond acceptors (Lipinski definition) is 3. The summed E-state index contributed by atoms with van der Waals surface area (Å²) in [7, 11) is 9.17. The minimum Gasteiger partial charge on any atom is -0.356 e. The molecular formula is C7H15BN2O3P+. The van der Waals surface area contributed by atoms with Crippen LogP contribution in [0.25, 0.3) is 0 Å². The van der Waals surface area contributed by atoms with Gasteiger partial charge in [0.25, 0.3) is 0 Å². The van der Waals surface area contributed by atoms with Crippen LogP contribution in [-0.4, -0.2) is 63.8 Å². The average molecular weight is 217 g/mol. The fourth-order valence-electron chi connectivity index (χ4n) is 1.26. The first kappa shape index (κ1) is 12.1. The zero-order valence-electron chi connectivity index (χ0n) is 8.71. The number of morpholine rings is 1. The number of rotatable bonds is 3. The van der Waals surface area contributed by atoms with Gasteiger partial charge in [-0.2, -0.15) is 0 Å². The first-order valence-electron chi connectivity index (χ1n) is 4.37. The van der Waals surface area contributed by atoms with Crippen molar-refractivity contribution in [1.82, 2.24) is 9.34 Å². The van der Waals surface area contributed by atoms with Crippen LogP contribution in [-0.2, 0) is 14.0 Å². The van der Waals surface area contributed by atoms with Crippen LogP contribution in [0.3, 0.4) is 0 Å². The maximum absolute atomic E-state index is 11.7. The topological polar surface area (TPSA) is 42.0 Å². The lowest BCUT2D eigenvalue weighted by Crippen LogP contribution is -2.46. The molecule has 0 aromatic heterocycles. The highest BCUT2D eigenvalue weighted by Crippen LogP contribution is 2.31. The van der Waals surface area contributed by atoms with E-state index in [1.54, 1.807) is 30.5 Å². The van der Waals surface area contributed by atoms with Crippen LogP contribution < -0.4 is 0 Å². The normalized spacial score (nSPS) is 30.7. The molecule has 78 valence electrons. The van der Waals surface area contributed by atoms with Crippen molar-refractivity contribution in [1.29, 1.82) is 0 Å². The lowest BCUT2D eigenvalue weighted by molar-refractivity contribution is -0.164. The maximum atomic E-state index is 11.7. The Kier molecular flexibility index (Phi) is 4.48. The van der Waals surface area contributed by atoms with Crippen molar-refractivity contribution in [3.8, 4) is 0 Å². The van der Waals surface area contributed by atoms with Gasteiger partial charge in [-0.05, 0) is 4.57 Å². The Morgan fingerprint density at radius 2 is 2.21 bits per heavy atom. The molecule has 14 heavy (non-hydrogen) atoms. The molecule has 0 bridgehead atoms. The predicted octanol–water partition coefficient (Wildman–Crippen LogP) is 0.00470. The molecule has 0 aromatic carbocycles. The second kappa shape index (κ2) is 5.19. The molecule has 1 fully saturated rings. The number of methoxy groups -OCH3 is 1. The summed E-state index contributed by atoms with van der Waals surface area (Å²) >= 11 is 0. The molecule has 0 spiro atoms. The van der Waals surface area contributed by atoms with Gasteiger partial charge < -0.3 is 9.47 Å². The second-order valence-electron chi connectivity index (χ2n) is 3.31. The fourth-order valence-corrected chi connectivity index (χ4v) is 2.34. The van der Waals surface area contributed by atoms with Gasteiger partial charge >= 0.3 is 8.10 Å². The molecular weight excluding hydrogens is 202 g/mol. The molecule has 3 atom stereocenters. The summed E-state index contributed by atoms with van der Waals surface area (Å²) in [5.41, 5.74) is 0. The third-order valence-electron chi connectivity index (χ3n) is 1.92. The molecule has 1 aliphatic rings. The van der Waals surface area contributed by atoms with Crippen LogP contribution in [0, 0.1) is 0 Å². The molecule has 5 nitrogen and oxygen atoms in total. The molecule has 1 saturated heterocycles. The summed E-state index contributed by atoms with van der Waals surface area (Å²) in [4.78, 5) is 0. The van der Waals surface area contributed by atoms with Crippen molar-refractivity contribution < 1.29 is 14.0 Å². The number of hydrogen-bond donors (Lipinski definition) is 0. The van der Waals surface area contributed by atoms with Crippen molar-refractivity contribution in [3.05, 3.63) is 0 Å². The fraction of sp³-hybridized carbons (Fsp3) is 1.00. The summed E-state index contributed by atoms with van der Waals surface area (Å²) in [5, 5.41) is 0. The van der Waals surface area contributed by atoms with Gasteiger partial charge in [0.15, 0.2) is 6.29 Å². The van der Waals surface area contributed by atoms with Crippen molar-refractivity contribution in [2.24, 2.45) is 0 Å². The monoisotopic (exact) mass is 217 g/mol. The van der Waals surface area contributed by atoms with E-state index in [9.17, 15) is 4.57 Å². The summed E-state index contributed by atoms with van der Waals surface area (Å²) in [6, 6.07) is -0.437. The van der Waals surface area contributed by atoms with E-state index in [1.165, 1.54) is 0 Å². The van der Waals surface area contributed by atoms with Crippen LogP contribution in [0.4, 0.5) is 0 Å². The Bertz CT molecular complexity index is 217. The van der Waals surface area contributed by atoms with Gasteiger partial charge in [0.2, 0.25) is 0 Å². The van der Waals surface area contributed by atoms with E-state index >= 15 is 0 Å². The Morgan fingerprint density at radius 1 is 1.57 bits per heavy atom. The van der Waals surface area contributed by atoms with Gasteiger partial charge in [-0.15, -0.1) is 0 Å². The minimum atomic E-state index is -1.54. The Balaban J connectivity index is 2.57. The van der Waals surface area contributed by atoms with E-state index in [-0.39, 0.29) is 0 Å². The van der Waals surface area contributed by atoms with Gasteiger partial charge in [-0.1, -0.05) is 9.34 Å². The van der Waals surface area contributed by atoms with Gasteiger partial charge in [0.05, 0.1) is 13.1 Å². The number of ether oxygens (including phenoxy) is 2. The minimum absolute atomic E-state index is 0.391. The quantitative estimate of drug-likeness (QED) is 0.491. The molecule has 0 amide bonds. The SMILES string of the molecule is [B]C1CN([P+](=O)N(C)C)CC(OC)O1. The van der Waals surface area contributed by atoms with Crippen molar-refractivity contribution in [2.45, 2.75) is 12.3 Å². The van der Waals surface area contributed by atoms with Gasteiger partial charge in [-0.25, -0.2) is 0 Å². The molecule has 1 aliphatic heterocycles. The summed E-state index contributed by atoms with van der Waals surface area (Å²) in [6.07, 6.45) is -0.391. The third-order valence-corrected chi connectivity index (χ3v) is 3.42. The first-order valence-corrected chi connectivity index (χ1v) is 5.54. The van der Waals surface area contributed by atoms with Crippen molar-refractivity contribution in [2.75, 3.05) is 34.3 Å². The highest BCUT2D eigenvalue weighted by atomic mass is 31.1. The van der Waals surface area contributed by atoms with Gasteiger partial charge in [0, 0.05) is 27.2 Å². The largest absolute Gasteiger partial charge is 0.537 e. The highest BCUT2D eigenvalue weighted by molar-refractivity contribution is 7.39. The Morgan fingerprint density at radius 3 is 2.71 bits per heavy atom. The predicted molar refractivity (Wildman–Crippen MR) is 54.3 cm³/mol. The zero-order chi connectivity index (χ0) is 10.7. The lowest BCUT2D eigenvalue weighted by atomic mass is 9.99. The Labute approximate surface area is 86.6 Å². The van der Waals surface area contributed by atoms with Crippen molar-refractivity contribution >= 4 is 15.9 Å². The summed E-state index contributed by atoms with van der Waals surface area (Å²) in [6.45, 7) is 0.949. The van der Waals surface area contributed by atoms with E-state index in [4.69, 9.17) is 17.3 Å². The average Bonchev–Trinajstić information content (AvgIpc) is 2.15. The molecule has 7 heteroatoms. The highest BCUT2D eigenvalue weighted by Gasteiger charge is 2.38. The molecule has 1 rings (SSSR count). The van der Waals surface area contributed by atoms with Crippen LogP contribution in [0.2, 0.25) is 0 Å².